The number of hydrogen-bond acceptors (Lipinski definition) is 7. The molecule has 1 N–H and O–H groups in total. The molecule has 0 aliphatic carbocycles. The molecule has 138 valence electrons. The van der Waals surface area contributed by atoms with Crippen molar-refractivity contribution < 1.29 is 8.95 Å². The lowest BCUT2D eigenvalue weighted by atomic mass is 10.2. The summed E-state index contributed by atoms with van der Waals surface area (Å²) in [6.07, 6.45) is 8.92. The van der Waals surface area contributed by atoms with E-state index in [1.807, 2.05) is 12.1 Å². The van der Waals surface area contributed by atoms with Crippen LogP contribution in [0, 0.1) is 0 Å². The normalized spacial score (nSPS) is 12.5. The Morgan fingerprint density at radius 1 is 1.19 bits per heavy atom. The molecule has 0 radical (unpaired) electrons. The molecule has 0 amide bonds. The summed E-state index contributed by atoms with van der Waals surface area (Å²) in [5.74, 6) is 1.17. The molecular formula is C17H17N7O2S. The van der Waals surface area contributed by atoms with Crippen molar-refractivity contribution in [1.29, 1.82) is 0 Å². The molecular weight excluding hydrogens is 366 g/mol. The van der Waals surface area contributed by atoms with Gasteiger partial charge >= 0.3 is 0 Å². The molecule has 0 spiro atoms. The third kappa shape index (κ3) is 3.62. The Hall–Kier alpha value is -2.98. The van der Waals surface area contributed by atoms with Gasteiger partial charge < -0.3 is 4.74 Å². The number of nitrogens with one attached hydrogen (secondary N) is 1. The van der Waals surface area contributed by atoms with E-state index in [-0.39, 0.29) is 0 Å². The molecule has 9 nitrogen and oxygen atoms in total. The standard InChI is InChI=1S/C17H17N7O2S/c1-26-3-2-4-27(25)15-6-13-8-22-24(17(13)19-10-15)14-5-12(7-18-9-14)16-20-11-21-23-16/h5-11H,2-4H2,1H3,(H,20,21,23)/t27-/m1/s1. The molecule has 4 rings (SSSR count). The fourth-order valence-corrected chi connectivity index (χ4v) is 3.73. The Kier molecular flexibility index (Phi) is 4.99. The van der Waals surface area contributed by atoms with Gasteiger partial charge in [-0.15, -0.1) is 0 Å². The van der Waals surface area contributed by atoms with Gasteiger partial charge in [0.1, 0.15) is 6.33 Å². The monoisotopic (exact) mass is 383 g/mol. The van der Waals surface area contributed by atoms with E-state index in [0.717, 1.165) is 23.1 Å². The van der Waals surface area contributed by atoms with Crippen LogP contribution < -0.4 is 0 Å². The van der Waals surface area contributed by atoms with Gasteiger partial charge in [0.05, 0.1) is 33.8 Å². The number of aromatic amines is 1. The highest BCUT2D eigenvalue weighted by molar-refractivity contribution is 7.85. The zero-order chi connectivity index (χ0) is 18.6. The minimum atomic E-state index is -1.11. The van der Waals surface area contributed by atoms with Gasteiger partial charge in [-0.3, -0.25) is 14.3 Å². The van der Waals surface area contributed by atoms with Crippen LogP contribution >= 0.6 is 0 Å². The van der Waals surface area contributed by atoms with Gasteiger partial charge in [0.15, 0.2) is 11.5 Å². The molecule has 0 aliphatic heterocycles. The summed E-state index contributed by atoms with van der Waals surface area (Å²) < 4.78 is 19.1. The van der Waals surface area contributed by atoms with Crippen molar-refractivity contribution in [2.75, 3.05) is 19.5 Å². The molecule has 27 heavy (non-hydrogen) atoms. The predicted molar refractivity (Wildman–Crippen MR) is 99.8 cm³/mol. The highest BCUT2D eigenvalue weighted by Crippen LogP contribution is 2.21. The van der Waals surface area contributed by atoms with Gasteiger partial charge in [-0.05, 0) is 18.6 Å². The van der Waals surface area contributed by atoms with Crippen molar-refractivity contribution in [3.63, 3.8) is 0 Å². The van der Waals surface area contributed by atoms with Crippen LogP contribution in [0.5, 0.6) is 0 Å². The number of rotatable bonds is 7. The van der Waals surface area contributed by atoms with E-state index < -0.39 is 10.8 Å². The lowest BCUT2D eigenvalue weighted by molar-refractivity contribution is 0.200. The Balaban J connectivity index is 1.64. The van der Waals surface area contributed by atoms with Gasteiger partial charge in [0.2, 0.25) is 0 Å². The molecule has 10 heteroatoms. The largest absolute Gasteiger partial charge is 0.385 e. The average Bonchev–Trinajstić information content (AvgIpc) is 3.37. The molecule has 0 bridgehead atoms. The molecule has 0 saturated carbocycles. The van der Waals surface area contributed by atoms with Crippen molar-refractivity contribution in [2.24, 2.45) is 0 Å². The Morgan fingerprint density at radius 2 is 2.11 bits per heavy atom. The van der Waals surface area contributed by atoms with Crippen LogP contribution in [0.25, 0.3) is 28.1 Å². The van der Waals surface area contributed by atoms with Crippen LogP contribution in [-0.2, 0) is 15.5 Å². The first-order chi connectivity index (χ1) is 13.3. The summed E-state index contributed by atoms with van der Waals surface area (Å²) in [4.78, 5) is 13.6. The summed E-state index contributed by atoms with van der Waals surface area (Å²) in [6, 6.07) is 3.76. The zero-order valence-corrected chi connectivity index (χ0v) is 15.4. The average molecular weight is 383 g/mol. The summed E-state index contributed by atoms with van der Waals surface area (Å²) >= 11 is 0. The smallest absolute Gasteiger partial charge is 0.163 e. The van der Waals surface area contributed by atoms with Gasteiger partial charge in [0.25, 0.3) is 0 Å². The molecule has 4 aromatic rings. The summed E-state index contributed by atoms with van der Waals surface area (Å²) in [5, 5.41) is 11.9. The van der Waals surface area contributed by atoms with E-state index >= 15 is 0 Å². The van der Waals surface area contributed by atoms with Crippen molar-refractivity contribution in [2.45, 2.75) is 11.3 Å². The minimum Gasteiger partial charge on any atom is -0.385 e. The van der Waals surface area contributed by atoms with E-state index in [0.29, 0.717) is 28.7 Å². The van der Waals surface area contributed by atoms with Crippen LogP contribution in [0.1, 0.15) is 6.42 Å². The number of fused-ring (bicyclic) bond motifs is 1. The molecule has 4 aromatic heterocycles. The van der Waals surface area contributed by atoms with Crippen molar-refractivity contribution >= 4 is 21.8 Å². The number of H-pyrrole nitrogens is 1. The van der Waals surface area contributed by atoms with Crippen LogP contribution in [0.2, 0.25) is 0 Å². The van der Waals surface area contributed by atoms with Crippen LogP contribution in [0.3, 0.4) is 0 Å². The molecule has 4 heterocycles. The van der Waals surface area contributed by atoms with Gasteiger partial charge in [-0.2, -0.15) is 10.2 Å². The second-order valence-electron chi connectivity index (χ2n) is 5.80. The summed E-state index contributed by atoms with van der Waals surface area (Å²) in [7, 11) is 0.525. The number of pyridine rings is 2. The Labute approximate surface area is 157 Å². The van der Waals surface area contributed by atoms with E-state index in [1.165, 1.54) is 6.33 Å². The van der Waals surface area contributed by atoms with Crippen molar-refractivity contribution in [1.82, 2.24) is 34.9 Å². The first-order valence-corrected chi connectivity index (χ1v) is 9.60. The maximum atomic E-state index is 12.4. The fraction of sp³-hybridized carbons (Fsp3) is 0.235. The third-order valence-electron chi connectivity index (χ3n) is 3.98. The first-order valence-electron chi connectivity index (χ1n) is 8.28. The van der Waals surface area contributed by atoms with Gasteiger partial charge in [-0.25, -0.2) is 14.6 Å². The topological polar surface area (TPSA) is 111 Å². The van der Waals surface area contributed by atoms with Crippen molar-refractivity contribution in [3.05, 3.63) is 43.2 Å². The SMILES string of the molecule is COCCC[S@@](=O)c1cnc2c(cnn2-c2cncc(-c3ncn[nH]3)c2)c1. The second kappa shape index (κ2) is 7.72. The quantitative estimate of drug-likeness (QED) is 0.484. The molecule has 0 fully saturated rings. The fourth-order valence-electron chi connectivity index (χ4n) is 2.68. The van der Waals surface area contributed by atoms with Crippen LogP contribution in [-0.4, -0.2) is 58.6 Å². The summed E-state index contributed by atoms with van der Waals surface area (Å²) in [6.45, 7) is 0.591. The van der Waals surface area contributed by atoms with Crippen LogP contribution in [0.4, 0.5) is 0 Å². The number of nitrogens with zero attached hydrogens (tertiary/aromatic N) is 6. The number of aromatic nitrogens is 7. The maximum Gasteiger partial charge on any atom is 0.163 e. The first kappa shape index (κ1) is 17.4. The molecule has 0 aliphatic rings. The Morgan fingerprint density at radius 3 is 2.93 bits per heavy atom. The predicted octanol–water partition coefficient (Wildman–Crippen LogP) is 1.74. The number of methoxy groups -OCH3 is 1. The van der Waals surface area contributed by atoms with Crippen LogP contribution in [0.15, 0.2) is 48.1 Å². The maximum absolute atomic E-state index is 12.4. The third-order valence-corrected chi connectivity index (χ3v) is 5.39. The minimum absolute atomic E-state index is 0.540. The Bertz CT molecular complexity index is 1080. The highest BCUT2D eigenvalue weighted by atomic mass is 32.2. The second-order valence-corrected chi connectivity index (χ2v) is 7.37. The van der Waals surface area contributed by atoms with Gasteiger partial charge in [0, 0.05) is 42.8 Å². The van der Waals surface area contributed by atoms with Crippen molar-refractivity contribution in [3.8, 4) is 17.1 Å². The molecule has 1 atom stereocenters. The van der Waals surface area contributed by atoms with E-state index in [1.54, 1.807) is 36.6 Å². The lowest BCUT2D eigenvalue weighted by Crippen LogP contribution is -2.03. The molecule has 0 aromatic carbocycles. The lowest BCUT2D eigenvalue weighted by Gasteiger charge is -2.05. The summed E-state index contributed by atoms with van der Waals surface area (Å²) in [5.41, 5.74) is 2.22. The molecule has 0 saturated heterocycles. The van der Waals surface area contributed by atoms with E-state index in [9.17, 15) is 4.21 Å². The number of ether oxygens (including phenoxy) is 1. The zero-order valence-electron chi connectivity index (χ0n) is 14.6. The van der Waals surface area contributed by atoms with Gasteiger partial charge in [-0.1, -0.05) is 0 Å². The molecule has 0 unspecified atom stereocenters. The highest BCUT2D eigenvalue weighted by Gasteiger charge is 2.12. The van der Waals surface area contributed by atoms with E-state index in [2.05, 4.69) is 30.2 Å². The van der Waals surface area contributed by atoms with E-state index in [4.69, 9.17) is 4.74 Å². The number of hydrogen-bond donors (Lipinski definition) is 1.